The number of aromatic nitrogens is 3. The second-order valence-corrected chi connectivity index (χ2v) is 10.6. The molecule has 10 heteroatoms. The monoisotopic (exact) mass is 461 g/mol. The van der Waals surface area contributed by atoms with Crippen molar-refractivity contribution in [2.24, 2.45) is 0 Å². The van der Waals surface area contributed by atoms with Crippen molar-refractivity contribution in [1.29, 1.82) is 0 Å². The SMILES string of the molecule is O=S(=O)(CCCc1nc(-c2cccs2)no1)Cc1csc(COc2ccccc2)n1. The van der Waals surface area contributed by atoms with Crippen LogP contribution in [0.2, 0.25) is 0 Å². The minimum absolute atomic E-state index is 0.0388. The Labute approximate surface area is 182 Å². The van der Waals surface area contributed by atoms with Crippen molar-refractivity contribution >= 4 is 32.5 Å². The Kier molecular flexibility index (Phi) is 6.56. The van der Waals surface area contributed by atoms with Gasteiger partial charge in [0.2, 0.25) is 11.7 Å². The molecule has 30 heavy (non-hydrogen) atoms. The molecule has 0 saturated heterocycles. The summed E-state index contributed by atoms with van der Waals surface area (Å²) in [6.45, 7) is 0.318. The summed E-state index contributed by atoms with van der Waals surface area (Å²) in [4.78, 5) is 9.63. The number of hydrogen-bond acceptors (Lipinski definition) is 9. The van der Waals surface area contributed by atoms with Crippen LogP contribution < -0.4 is 4.74 Å². The van der Waals surface area contributed by atoms with Gasteiger partial charge in [-0.2, -0.15) is 4.98 Å². The lowest BCUT2D eigenvalue weighted by molar-refractivity contribution is 0.305. The number of sulfone groups is 1. The number of ether oxygens (including phenoxy) is 1. The van der Waals surface area contributed by atoms with Crippen LogP contribution in [0.3, 0.4) is 0 Å². The van der Waals surface area contributed by atoms with Crippen LogP contribution >= 0.6 is 22.7 Å². The maximum absolute atomic E-state index is 12.4. The molecule has 0 amide bonds. The predicted molar refractivity (Wildman–Crippen MR) is 116 cm³/mol. The molecule has 0 bridgehead atoms. The van der Waals surface area contributed by atoms with Gasteiger partial charge in [0.25, 0.3) is 0 Å². The molecule has 4 rings (SSSR count). The Morgan fingerprint density at radius 1 is 1.03 bits per heavy atom. The van der Waals surface area contributed by atoms with Crippen molar-refractivity contribution in [2.45, 2.75) is 25.2 Å². The van der Waals surface area contributed by atoms with Gasteiger partial charge >= 0.3 is 0 Å². The molecule has 3 aromatic heterocycles. The lowest BCUT2D eigenvalue weighted by atomic mass is 10.3. The smallest absolute Gasteiger partial charge is 0.227 e. The molecule has 0 N–H and O–H groups in total. The molecular weight excluding hydrogens is 442 g/mol. The number of rotatable bonds is 10. The first-order chi connectivity index (χ1) is 14.6. The van der Waals surface area contributed by atoms with Gasteiger partial charge in [-0.1, -0.05) is 29.4 Å². The lowest BCUT2D eigenvalue weighted by Crippen LogP contribution is -2.10. The molecule has 0 aliphatic carbocycles. The molecular formula is C20H19N3O4S3. The van der Waals surface area contributed by atoms with Crippen LogP contribution in [-0.4, -0.2) is 29.3 Å². The van der Waals surface area contributed by atoms with Crippen molar-refractivity contribution in [3.05, 3.63) is 69.8 Å². The maximum Gasteiger partial charge on any atom is 0.227 e. The van der Waals surface area contributed by atoms with E-state index in [1.165, 1.54) is 22.7 Å². The number of aryl methyl sites for hydroxylation is 1. The Balaban J connectivity index is 1.25. The first-order valence-corrected chi connectivity index (χ1v) is 12.8. The Morgan fingerprint density at radius 2 is 1.90 bits per heavy atom. The van der Waals surface area contributed by atoms with Gasteiger partial charge in [0.1, 0.15) is 17.4 Å². The summed E-state index contributed by atoms with van der Waals surface area (Å²) >= 11 is 2.93. The topological polar surface area (TPSA) is 95.2 Å². The molecule has 4 aromatic rings. The van der Waals surface area contributed by atoms with E-state index in [1.807, 2.05) is 47.8 Å². The van der Waals surface area contributed by atoms with E-state index in [9.17, 15) is 8.42 Å². The number of thiazole rings is 1. The molecule has 0 saturated carbocycles. The van der Waals surface area contributed by atoms with Crippen molar-refractivity contribution < 1.29 is 17.7 Å². The van der Waals surface area contributed by atoms with E-state index in [1.54, 1.807) is 5.38 Å². The number of para-hydroxylation sites is 1. The largest absolute Gasteiger partial charge is 0.486 e. The average molecular weight is 462 g/mol. The third-order valence-corrected chi connectivity index (χ3v) is 7.51. The lowest BCUT2D eigenvalue weighted by Gasteiger charge is -2.03. The Bertz CT molecular complexity index is 1170. The fraction of sp³-hybridized carbons (Fsp3) is 0.250. The van der Waals surface area contributed by atoms with E-state index >= 15 is 0 Å². The molecule has 0 spiro atoms. The van der Waals surface area contributed by atoms with Gasteiger partial charge in [0.05, 0.1) is 22.1 Å². The molecule has 0 fully saturated rings. The molecule has 3 heterocycles. The van der Waals surface area contributed by atoms with Crippen LogP contribution in [0.25, 0.3) is 10.7 Å². The van der Waals surface area contributed by atoms with Crippen LogP contribution in [0.5, 0.6) is 5.75 Å². The highest BCUT2D eigenvalue weighted by Gasteiger charge is 2.16. The summed E-state index contributed by atoms with van der Waals surface area (Å²) < 4.78 is 35.7. The van der Waals surface area contributed by atoms with E-state index < -0.39 is 9.84 Å². The number of hydrogen-bond donors (Lipinski definition) is 0. The van der Waals surface area contributed by atoms with Gasteiger partial charge in [-0.25, -0.2) is 13.4 Å². The zero-order valence-corrected chi connectivity index (χ0v) is 18.4. The highest BCUT2D eigenvalue weighted by molar-refractivity contribution is 7.90. The zero-order valence-electron chi connectivity index (χ0n) is 15.9. The number of nitrogens with zero attached hydrogens (tertiary/aromatic N) is 3. The second-order valence-electron chi connectivity index (χ2n) is 6.52. The normalized spacial score (nSPS) is 11.6. The van der Waals surface area contributed by atoms with Gasteiger partial charge in [0, 0.05) is 11.8 Å². The number of thiophene rings is 1. The summed E-state index contributed by atoms with van der Waals surface area (Å²) in [7, 11) is -3.28. The minimum atomic E-state index is -3.28. The maximum atomic E-state index is 12.4. The van der Waals surface area contributed by atoms with Crippen LogP contribution in [0.15, 0.2) is 57.7 Å². The van der Waals surface area contributed by atoms with Crippen LogP contribution in [0.4, 0.5) is 0 Å². The average Bonchev–Trinajstić information content (AvgIpc) is 3.49. The fourth-order valence-electron chi connectivity index (χ4n) is 2.75. The van der Waals surface area contributed by atoms with Crippen LogP contribution in [-0.2, 0) is 28.6 Å². The molecule has 0 aliphatic heterocycles. The van der Waals surface area contributed by atoms with Gasteiger partial charge in [-0.3, -0.25) is 0 Å². The van der Waals surface area contributed by atoms with E-state index in [0.717, 1.165) is 15.6 Å². The Morgan fingerprint density at radius 3 is 2.70 bits per heavy atom. The first-order valence-electron chi connectivity index (χ1n) is 9.25. The second kappa shape index (κ2) is 9.50. The van der Waals surface area contributed by atoms with Crippen molar-refractivity contribution in [3.63, 3.8) is 0 Å². The third kappa shape index (κ3) is 5.74. The molecule has 7 nitrogen and oxygen atoms in total. The minimum Gasteiger partial charge on any atom is -0.486 e. The summed E-state index contributed by atoms with van der Waals surface area (Å²) in [6, 6.07) is 13.3. The quantitative estimate of drug-likeness (QED) is 0.346. The van der Waals surface area contributed by atoms with E-state index in [0.29, 0.717) is 36.9 Å². The van der Waals surface area contributed by atoms with Gasteiger partial charge in [-0.15, -0.1) is 22.7 Å². The molecule has 0 atom stereocenters. The summed E-state index contributed by atoms with van der Waals surface area (Å²) in [5, 5.41) is 8.39. The fourth-order valence-corrected chi connectivity index (χ4v) is 5.53. The zero-order chi connectivity index (χ0) is 20.8. The molecule has 1 aromatic carbocycles. The van der Waals surface area contributed by atoms with Crippen molar-refractivity contribution in [3.8, 4) is 16.5 Å². The van der Waals surface area contributed by atoms with Gasteiger partial charge in [-0.05, 0) is 30.0 Å². The Hall–Kier alpha value is -2.56. The van der Waals surface area contributed by atoms with E-state index in [-0.39, 0.29) is 11.5 Å². The predicted octanol–water partition coefficient (Wildman–Crippen LogP) is 4.38. The summed E-state index contributed by atoms with van der Waals surface area (Å²) in [5.74, 6) is 1.69. The van der Waals surface area contributed by atoms with Crippen LogP contribution in [0, 0.1) is 0 Å². The van der Waals surface area contributed by atoms with Crippen LogP contribution in [0.1, 0.15) is 23.0 Å². The molecule has 0 unspecified atom stereocenters. The standard InChI is InChI=1S/C20H19N3O4S3/c24-30(25,11-5-9-18-22-20(23-27-18)17-8-4-10-28-17)14-15-13-29-19(21-15)12-26-16-6-2-1-3-7-16/h1-4,6-8,10,13H,5,9,11-12,14H2. The number of benzene rings is 1. The highest BCUT2D eigenvalue weighted by Crippen LogP contribution is 2.22. The van der Waals surface area contributed by atoms with Gasteiger partial charge < -0.3 is 9.26 Å². The van der Waals surface area contributed by atoms with Crippen molar-refractivity contribution in [1.82, 2.24) is 15.1 Å². The van der Waals surface area contributed by atoms with E-state index in [4.69, 9.17) is 9.26 Å². The first kappa shape index (κ1) is 20.7. The molecule has 156 valence electrons. The van der Waals surface area contributed by atoms with E-state index in [2.05, 4.69) is 15.1 Å². The molecule has 0 radical (unpaired) electrons. The summed E-state index contributed by atoms with van der Waals surface area (Å²) in [5.41, 5.74) is 0.546. The van der Waals surface area contributed by atoms with Crippen molar-refractivity contribution in [2.75, 3.05) is 5.75 Å². The summed E-state index contributed by atoms with van der Waals surface area (Å²) in [6.07, 6.45) is 0.841. The third-order valence-electron chi connectivity index (χ3n) is 4.13. The molecule has 0 aliphatic rings. The highest BCUT2D eigenvalue weighted by atomic mass is 32.2. The van der Waals surface area contributed by atoms with Gasteiger partial charge in [0.15, 0.2) is 9.84 Å².